The Morgan fingerprint density at radius 3 is 2.52 bits per heavy atom. The molecule has 4 aromatic heterocycles. The molecule has 0 radical (unpaired) electrons. The molecule has 0 aliphatic heterocycles. The molecule has 0 spiro atoms. The Morgan fingerprint density at radius 2 is 1.82 bits per heavy atom. The van der Waals surface area contributed by atoms with Crippen LogP contribution >= 0.6 is 0 Å². The van der Waals surface area contributed by atoms with Crippen molar-refractivity contribution in [1.82, 2.24) is 34.0 Å². The molecule has 0 unspecified atom stereocenters. The fourth-order valence-corrected chi connectivity index (χ4v) is 6.45. The lowest BCUT2D eigenvalue weighted by Crippen LogP contribution is -2.33. The van der Waals surface area contributed by atoms with Crippen LogP contribution in [0.3, 0.4) is 0 Å². The molecule has 0 saturated heterocycles. The molecule has 2 fully saturated rings. The lowest BCUT2D eigenvalue weighted by molar-refractivity contribution is 0.0438. The van der Waals surface area contributed by atoms with Gasteiger partial charge in [-0.2, -0.15) is 9.19 Å². The zero-order valence-electron chi connectivity index (χ0n) is 22.0. The van der Waals surface area contributed by atoms with E-state index in [1.165, 1.54) is 12.4 Å². The Morgan fingerprint density at radius 1 is 1.07 bits per heavy atom. The third-order valence-electron chi connectivity index (χ3n) is 7.29. The fourth-order valence-electron chi connectivity index (χ4n) is 4.97. The highest BCUT2D eigenvalue weighted by Gasteiger charge is 2.38. The number of fused-ring (bicyclic) bond motifs is 1. The predicted molar refractivity (Wildman–Crippen MR) is 146 cm³/mol. The Hall–Kier alpha value is -3.88. The number of aliphatic hydroxyl groups is 2. The van der Waals surface area contributed by atoms with Gasteiger partial charge in [0.15, 0.2) is 5.82 Å². The molecule has 4 heterocycles. The molecule has 4 aromatic rings. The van der Waals surface area contributed by atoms with Gasteiger partial charge in [-0.25, -0.2) is 23.4 Å². The summed E-state index contributed by atoms with van der Waals surface area (Å²) in [6.45, 7) is 4.03. The molecular weight excluding hydrogens is 536 g/mol. The summed E-state index contributed by atoms with van der Waals surface area (Å²) in [6.07, 6.45) is 8.04. The van der Waals surface area contributed by atoms with E-state index in [0.29, 0.717) is 59.7 Å². The van der Waals surface area contributed by atoms with Crippen molar-refractivity contribution in [2.24, 2.45) is 0 Å². The standard InChI is InChI=1S/C26H30N8O5S/c1-14(2)33-13-19(26(37)30-16-7-21(35)22(36)8-16)18-11-28-24(9-20(18)33)31-23-5-6-27-25(32-23)15-10-29-34(12-15)40(38,39)17-3-4-17/h5-6,9-14,16-17,21-22,35-36H,3-4,7-8H2,1-2H3,(H,30,37)(H,27,28,31,32)/t16-,21-,22+. The van der Waals surface area contributed by atoms with Crippen molar-refractivity contribution in [2.45, 2.75) is 69.1 Å². The minimum atomic E-state index is -3.49. The number of nitrogens with zero attached hydrogens (tertiary/aromatic N) is 6. The second-order valence-electron chi connectivity index (χ2n) is 10.6. The Bertz CT molecular complexity index is 1680. The molecule has 0 bridgehead atoms. The van der Waals surface area contributed by atoms with Crippen LogP contribution in [0.2, 0.25) is 0 Å². The van der Waals surface area contributed by atoms with Gasteiger partial charge in [-0.1, -0.05) is 0 Å². The maximum atomic E-state index is 13.1. The number of hydrogen-bond donors (Lipinski definition) is 4. The number of nitrogens with one attached hydrogen (secondary N) is 2. The lowest BCUT2D eigenvalue weighted by Gasteiger charge is -2.11. The summed E-state index contributed by atoms with van der Waals surface area (Å²) in [7, 11) is -3.49. The summed E-state index contributed by atoms with van der Waals surface area (Å²) >= 11 is 0. The quantitative estimate of drug-likeness (QED) is 0.246. The lowest BCUT2D eigenvalue weighted by atomic mass is 10.1. The van der Waals surface area contributed by atoms with Gasteiger partial charge in [0.1, 0.15) is 11.6 Å². The highest BCUT2D eigenvalue weighted by atomic mass is 32.2. The van der Waals surface area contributed by atoms with E-state index < -0.39 is 22.2 Å². The van der Waals surface area contributed by atoms with Crippen molar-refractivity contribution >= 4 is 38.5 Å². The van der Waals surface area contributed by atoms with Gasteiger partial charge in [0, 0.05) is 42.1 Å². The second kappa shape index (κ2) is 9.94. The first-order valence-electron chi connectivity index (χ1n) is 13.2. The van der Waals surface area contributed by atoms with Crippen LogP contribution in [0.15, 0.2) is 43.1 Å². The monoisotopic (exact) mass is 566 g/mol. The predicted octanol–water partition coefficient (Wildman–Crippen LogP) is 1.97. The average molecular weight is 567 g/mol. The molecular formula is C26H30N8O5S. The summed E-state index contributed by atoms with van der Waals surface area (Å²) in [6, 6.07) is 3.25. The zero-order chi connectivity index (χ0) is 28.2. The van der Waals surface area contributed by atoms with Crippen LogP contribution < -0.4 is 10.6 Å². The van der Waals surface area contributed by atoms with E-state index in [4.69, 9.17) is 0 Å². The van der Waals surface area contributed by atoms with Gasteiger partial charge in [0.25, 0.3) is 15.9 Å². The van der Waals surface area contributed by atoms with Gasteiger partial charge in [-0.05, 0) is 45.6 Å². The molecule has 3 atom stereocenters. The number of rotatable bonds is 8. The van der Waals surface area contributed by atoms with E-state index in [1.54, 1.807) is 24.7 Å². The molecule has 0 aromatic carbocycles. The SMILES string of the molecule is CC(C)n1cc(C(=O)N[C@@H]2C[C@@H](O)[C@@H](O)C2)c2cnc(Nc3ccnc(-c4cnn(S(=O)(=O)C5CC5)c4)n3)cc21. The Kier molecular flexibility index (Phi) is 6.55. The van der Waals surface area contributed by atoms with Gasteiger partial charge < -0.3 is 25.4 Å². The van der Waals surface area contributed by atoms with Crippen LogP contribution in [-0.4, -0.2) is 76.7 Å². The van der Waals surface area contributed by atoms with Crippen LogP contribution in [0.5, 0.6) is 0 Å². The molecule has 2 aliphatic rings. The first kappa shape index (κ1) is 26.3. The number of amides is 1. The molecule has 13 nitrogen and oxygen atoms in total. The van der Waals surface area contributed by atoms with E-state index >= 15 is 0 Å². The van der Waals surface area contributed by atoms with Gasteiger partial charge in [-0.15, -0.1) is 0 Å². The summed E-state index contributed by atoms with van der Waals surface area (Å²) in [4.78, 5) is 26.4. The molecule has 2 aliphatic carbocycles. The second-order valence-corrected chi connectivity index (χ2v) is 12.7. The summed E-state index contributed by atoms with van der Waals surface area (Å²) in [5, 5.41) is 30.0. The largest absolute Gasteiger partial charge is 0.390 e. The zero-order valence-corrected chi connectivity index (χ0v) is 22.8. The van der Waals surface area contributed by atoms with Gasteiger partial charge in [0.2, 0.25) is 0 Å². The smallest absolute Gasteiger partial charge is 0.256 e. The minimum absolute atomic E-state index is 0.0588. The molecule has 210 valence electrons. The summed E-state index contributed by atoms with van der Waals surface area (Å²) in [5.74, 6) is 0.977. The molecule has 14 heteroatoms. The first-order valence-corrected chi connectivity index (χ1v) is 14.7. The number of anilines is 2. The number of pyridine rings is 1. The van der Waals surface area contributed by atoms with Gasteiger partial charge in [0.05, 0.1) is 46.5 Å². The van der Waals surface area contributed by atoms with Crippen LogP contribution in [0.25, 0.3) is 22.3 Å². The summed E-state index contributed by atoms with van der Waals surface area (Å²) in [5.41, 5.74) is 1.73. The van der Waals surface area contributed by atoms with Crippen LogP contribution in [-0.2, 0) is 10.0 Å². The normalized spacial score (nSPS) is 21.3. The molecule has 2 saturated carbocycles. The first-order chi connectivity index (χ1) is 19.1. The van der Waals surface area contributed by atoms with Gasteiger partial charge in [-0.3, -0.25) is 4.79 Å². The van der Waals surface area contributed by atoms with Crippen molar-refractivity contribution in [3.8, 4) is 11.4 Å². The maximum Gasteiger partial charge on any atom is 0.256 e. The average Bonchev–Trinajstić information content (AvgIpc) is 3.40. The topological polar surface area (TPSA) is 177 Å². The van der Waals surface area contributed by atoms with Crippen molar-refractivity contribution in [1.29, 1.82) is 0 Å². The highest BCUT2D eigenvalue weighted by Crippen LogP contribution is 2.31. The van der Waals surface area contributed by atoms with E-state index in [0.717, 1.165) is 9.60 Å². The van der Waals surface area contributed by atoms with Crippen LogP contribution in [0.1, 0.15) is 55.9 Å². The summed E-state index contributed by atoms with van der Waals surface area (Å²) < 4.78 is 27.9. The number of aromatic nitrogens is 6. The Labute approximate surface area is 230 Å². The number of carbonyl (C=O) groups is 1. The van der Waals surface area contributed by atoms with Crippen molar-refractivity contribution in [3.63, 3.8) is 0 Å². The number of carbonyl (C=O) groups excluding carboxylic acids is 1. The molecule has 1 amide bonds. The minimum Gasteiger partial charge on any atom is -0.390 e. The third-order valence-corrected chi connectivity index (χ3v) is 9.32. The van der Waals surface area contributed by atoms with Gasteiger partial charge >= 0.3 is 0 Å². The molecule has 4 N–H and O–H groups in total. The van der Waals surface area contributed by atoms with Crippen molar-refractivity contribution in [3.05, 3.63) is 48.7 Å². The molecule has 40 heavy (non-hydrogen) atoms. The number of aliphatic hydroxyl groups excluding tert-OH is 2. The van der Waals surface area contributed by atoms with E-state index in [-0.39, 0.29) is 23.2 Å². The van der Waals surface area contributed by atoms with Crippen molar-refractivity contribution < 1.29 is 23.4 Å². The third kappa shape index (κ3) is 4.93. The van der Waals surface area contributed by atoms with E-state index in [9.17, 15) is 23.4 Å². The Balaban J connectivity index is 1.24. The van der Waals surface area contributed by atoms with E-state index in [1.807, 2.05) is 24.5 Å². The maximum absolute atomic E-state index is 13.1. The van der Waals surface area contributed by atoms with E-state index in [2.05, 4.69) is 30.7 Å². The molecule has 6 rings (SSSR count). The van der Waals surface area contributed by atoms with Crippen molar-refractivity contribution in [2.75, 3.05) is 5.32 Å². The highest BCUT2D eigenvalue weighted by molar-refractivity contribution is 7.90. The van der Waals surface area contributed by atoms with Crippen LogP contribution in [0, 0.1) is 0 Å². The van der Waals surface area contributed by atoms with Crippen LogP contribution in [0.4, 0.5) is 11.6 Å². The fraction of sp³-hybridized carbons (Fsp3) is 0.423. The number of hydrogen-bond acceptors (Lipinski definition) is 10.